The van der Waals surface area contributed by atoms with Gasteiger partial charge in [0, 0.05) is 23.6 Å². The molecular formula is C14H14N4O4S. The minimum absolute atomic E-state index is 0.0674. The molecule has 2 heterocycles. The number of sulfonamides is 1. The van der Waals surface area contributed by atoms with Gasteiger partial charge in [0.2, 0.25) is 0 Å². The third kappa shape index (κ3) is 2.66. The van der Waals surface area contributed by atoms with E-state index in [4.69, 9.17) is 5.11 Å². The van der Waals surface area contributed by atoms with Gasteiger partial charge in [-0.1, -0.05) is 0 Å². The number of hydrogen-bond donors (Lipinski definition) is 3. The highest BCUT2D eigenvalue weighted by Crippen LogP contribution is 2.24. The summed E-state index contributed by atoms with van der Waals surface area (Å²) in [5, 5.41) is 9.65. The van der Waals surface area contributed by atoms with E-state index >= 15 is 0 Å². The zero-order valence-electron chi connectivity index (χ0n) is 12.1. The lowest BCUT2D eigenvalue weighted by atomic mass is 10.1. The first kappa shape index (κ1) is 15.1. The van der Waals surface area contributed by atoms with Crippen molar-refractivity contribution in [3.8, 4) is 0 Å². The van der Waals surface area contributed by atoms with Gasteiger partial charge in [-0.3, -0.25) is 4.72 Å². The standard InChI is InChI=1S/C14H14N4O4S/c1-2-18-8-15-7-13(18)23(21,22)17-9-3-4-10-11(14(19)20)6-16-12(10)5-9/h3-8,16-17H,2H2,1H3,(H,19,20). The number of aromatic amines is 1. The second-order valence-electron chi connectivity index (χ2n) is 4.89. The molecule has 2 aromatic heterocycles. The van der Waals surface area contributed by atoms with Gasteiger partial charge in [0.15, 0.2) is 5.03 Å². The zero-order chi connectivity index (χ0) is 16.6. The molecule has 1 aromatic carbocycles. The first-order valence-corrected chi connectivity index (χ1v) is 8.28. The summed E-state index contributed by atoms with van der Waals surface area (Å²) in [5.74, 6) is -1.04. The normalized spacial score (nSPS) is 11.7. The van der Waals surface area contributed by atoms with Crippen LogP contribution in [0, 0.1) is 0 Å². The number of nitrogens with zero attached hydrogens (tertiary/aromatic N) is 2. The SMILES string of the molecule is CCn1cncc1S(=O)(=O)Nc1ccc2c(C(=O)O)c[nH]c2c1. The van der Waals surface area contributed by atoms with Crippen LogP contribution in [-0.4, -0.2) is 34.0 Å². The highest BCUT2D eigenvalue weighted by Gasteiger charge is 2.19. The van der Waals surface area contributed by atoms with Crippen molar-refractivity contribution in [2.24, 2.45) is 0 Å². The zero-order valence-corrected chi connectivity index (χ0v) is 13.0. The summed E-state index contributed by atoms with van der Waals surface area (Å²) >= 11 is 0. The minimum Gasteiger partial charge on any atom is -0.478 e. The number of hydrogen-bond acceptors (Lipinski definition) is 4. The van der Waals surface area contributed by atoms with Gasteiger partial charge in [-0.15, -0.1) is 0 Å². The van der Waals surface area contributed by atoms with Crippen LogP contribution < -0.4 is 4.72 Å². The predicted molar refractivity (Wildman–Crippen MR) is 84.0 cm³/mol. The first-order valence-electron chi connectivity index (χ1n) is 6.79. The maximum absolute atomic E-state index is 12.4. The molecule has 120 valence electrons. The number of carboxylic acids is 1. The van der Waals surface area contributed by atoms with Crippen LogP contribution in [0.15, 0.2) is 41.9 Å². The summed E-state index contributed by atoms with van der Waals surface area (Å²) in [5.41, 5.74) is 1.00. The third-order valence-corrected chi connectivity index (χ3v) is 4.85. The molecule has 0 aliphatic heterocycles. The number of nitrogens with one attached hydrogen (secondary N) is 2. The number of aromatic carboxylic acids is 1. The molecule has 9 heteroatoms. The van der Waals surface area contributed by atoms with Gasteiger partial charge < -0.3 is 14.7 Å². The second kappa shape index (κ2) is 5.43. The molecule has 0 amide bonds. The van der Waals surface area contributed by atoms with Gasteiger partial charge in [0.25, 0.3) is 10.0 Å². The Morgan fingerprint density at radius 3 is 2.91 bits per heavy atom. The van der Waals surface area contributed by atoms with Crippen molar-refractivity contribution in [1.29, 1.82) is 0 Å². The molecule has 0 radical (unpaired) electrons. The molecule has 0 atom stereocenters. The van der Waals surface area contributed by atoms with Crippen molar-refractivity contribution in [3.63, 3.8) is 0 Å². The molecule has 0 spiro atoms. The number of anilines is 1. The fourth-order valence-electron chi connectivity index (χ4n) is 2.34. The van der Waals surface area contributed by atoms with Gasteiger partial charge in [0.1, 0.15) is 0 Å². The Hall–Kier alpha value is -2.81. The molecule has 3 rings (SSSR count). The summed E-state index contributed by atoms with van der Waals surface area (Å²) in [4.78, 5) is 17.7. The third-order valence-electron chi connectivity index (χ3n) is 3.45. The number of carbonyl (C=O) groups is 1. The van der Waals surface area contributed by atoms with Gasteiger partial charge in [-0.05, 0) is 25.1 Å². The molecule has 0 saturated heterocycles. The monoisotopic (exact) mass is 334 g/mol. The van der Waals surface area contributed by atoms with Crippen molar-refractivity contribution >= 4 is 32.6 Å². The number of benzene rings is 1. The lowest BCUT2D eigenvalue weighted by Gasteiger charge is -2.09. The summed E-state index contributed by atoms with van der Waals surface area (Å²) in [6, 6.07) is 4.63. The molecule has 3 N–H and O–H groups in total. The van der Waals surface area contributed by atoms with E-state index in [9.17, 15) is 13.2 Å². The van der Waals surface area contributed by atoms with E-state index < -0.39 is 16.0 Å². The van der Waals surface area contributed by atoms with Crippen molar-refractivity contribution in [2.45, 2.75) is 18.5 Å². The molecule has 0 fully saturated rings. The molecular weight excluding hydrogens is 320 g/mol. The molecule has 0 aliphatic carbocycles. The fourth-order valence-corrected chi connectivity index (χ4v) is 3.57. The Morgan fingerprint density at radius 2 is 2.22 bits per heavy atom. The van der Waals surface area contributed by atoms with Crippen molar-refractivity contribution < 1.29 is 18.3 Å². The Morgan fingerprint density at radius 1 is 1.43 bits per heavy atom. The maximum Gasteiger partial charge on any atom is 0.337 e. The van der Waals surface area contributed by atoms with Crippen molar-refractivity contribution in [2.75, 3.05) is 4.72 Å². The lowest BCUT2D eigenvalue weighted by molar-refractivity contribution is 0.0699. The van der Waals surface area contributed by atoms with E-state index in [1.54, 1.807) is 12.1 Å². The Labute approximate surface area is 131 Å². The van der Waals surface area contributed by atoms with E-state index in [-0.39, 0.29) is 10.6 Å². The number of rotatable bonds is 5. The average Bonchev–Trinajstić information content (AvgIpc) is 3.13. The number of fused-ring (bicyclic) bond motifs is 1. The summed E-state index contributed by atoms with van der Waals surface area (Å²) in [6.07, 6.45) is 4.10. The van der Waals surface area contributed by atoms with Crippen molar-refractivity contribution in [3.05, 3.63) is 42.5 Å². The summed E-state index contributed by atoms with van der Waals surface area (Å²) < 4.78 is 28.8. The Bertz CT molecular complexity index is 987. The van der Waals surface area contributed by atoms with Gasteiger partial charge in [0.05, 0.1) is 23.8 Å². The molecule has 0 saturated carbocycles. The number of carboxylic acid groups (broad SMARTS) is 1. The summed E-state index contributed by atoms with van der Waals surface area (Å²) in [7, 11) is -3.77. The quantitative estimate of drug-likeness (QED) is 0.658. The molecule has 8 nitrogen and oxygen atoms in total. The molecule has 0 aliphatic rings. The fraction of sp³-hybridized carbons (Fsp3) is 0.143. The Balaban J connectivity index is 1.97. The van der Waals surface area contributed by atoms with Gasteiger partial charge in [-0.2, -0.15) is 8.42 Å². The Kier molecular flexibility index (Phi) is 3.57. The maximum atomic E-state index is 12.4. The molecule has 23 heavy (non-hydrogen) atoms. The second-order valence-corrected chi connectivity index (χ2v) is 6.52. The molecule has 0 unspecified atom stereocenters. The van der Waals surface area contributed by atoms with Crippen LogP contribution >= 0.6 is 0 Å². The predicted octanol–water partition coefficient (Wildman–Crippen LogP) is 1.88. The van der Waals surface area contributed by atoms with Gasteiger partial charge in [-0.25, -0.2) is 9.78 Å². The van der Waals surface area contributed by atoms with Crippen LogP contribution in [0.25, 0.3) is 10.9 Å². The number of imidazole rings is 1. The lowest BCUT2D eigenvalue weighted by Crippen LogP contribution is -2.16. The van der Waals surface area contributed by atoms with E-state index in [0.29, 0.717) is 23.1 Å². The van der Waals surface area contributed by atoms with E-state index in [2.05, 4.69) is 14.7 Å². The van der Waals surface area contributed by atoms with Crippen LogP contribution in [-0.2, 0) is 16.6 Å². The first-order chi connectivity index (χ1) is 10.9. The van der Waals surface area contributed by atoms with E-state index in [1.807, 2.05) is 6.92 Å². The smallest absolute Gasteiger partial charge is 0.337 e. The van der Waals surface area contributed by atoms with E-state index in [1.165, 1.54) is 29.4 Å². The van der Waals surface area contributed by atoms with Crippen LogP contribution in [0.4, 0.5) is 5.69 Å². The van der Waals surface area contributed by atoms with Crippen molar-refractivity contribution in [1.82, 2.24) is 14.5 Å². The molecule has 0 bridgehead atoms. The summed E-state index contributed by atoms with van der Waals surface area (Å²) in [6.45, 7) is 2.30. The number of aryl methyl sites for hydroxylation is 1. The molecule has 3 aromatic rings. The van der Waals surface area contributed by atoms with Crippen LogP contribution in [0.5, 0.6) is 0 Å². The number of H-pyrrole nitrogens is 1. The number of aromatic nitrogens is 3. The largest absolute Gasteiger partial charge is 0.478 e. The van der Waals surface area contributed by atoms with E-state index in [0.717, 1.165) is 0 Å². The van der Waals surface area contributed by atoms with Crippen LogP contribution in [0.3, 0.4) is 0 Å². The minimum atomic E-state index is -3.77. The van der Waals surface area contributed by atoms with Crippen LogP contribution in [0.1, 0.15) is 17.3 Å². The van der Waals surface area contributed by atoms with Gasteiger partial charge >= 0.3 is 5.97 Å². The topological polar surface area (TPSA) is 117 Å². The average molecular weight is 334 g/mol. The highest BCUT2D eigenvalue weighted by molar-refractivity contribution is 7.92. The van der Waals surface area contributed by atoms with Crippen LogP contribution in [0.2, 0.25) is 0 Å². The highest BCUT2D eigenvalue weighted by atomic mass is 32.2.